The highest BCUT2D eigenvalue weighted by Gasteiger charge is 2.21. The molecule has 0 saturated carbocycles. The standard InChI is InChI=1S/C11H17NO2S/c1-4-8-6-7-9(15-8)10(12-3)11(13)14-5-2/h6-7,10,12H,4-5H2,1-3H3. The maximum absolute atomic E-state index is 11.6. The first-order chi connectivity index (χ1) is 7.22. The Kier molecular flexibility index (Phi) is 4.78. The van der Waals surface area contributed by atoms with Gasteiger partial charge in [0.1, 0.15) is 6.04 Å². The minimum atomic E-state index is -0.324. The highest BCUT2D eigenvalue weighted by molar-refractivity contribution is 7.12. The molecule has 0 saturated heterocycles. The average Bonchev–Trinajstić information content (AvgIpc) is 2.68. The summed E-state index contributed by atoms with van der Waals surface area (Å²) in [5.41, 5.74) is 0. The highest BCUT2D eigenvalue weighted by atomic mass is 32.1. The Morgan fingerprint density at radius 2 is 2.27 bits per heavy atom. The molecular weight excluding hydrogens is 210 g/mol. The van der Waals surface area contributed by atoms with Crippen LogP contribution in [0.3, 0.4) is 0 Å². The van der Waals surface area contributed by atoms with Crippen molar-refractivity contribution in [3.05, 3.63) is 21.9 Å². The lowest BCUT2D eigenvalue weighted by atomic mass is 10.2. The molecule has 1 atom stereocenters. The van der Waals surface area contributed by atoms with Crippen LogP contribution in [0.15, 0.2) is 12.1 Å². The van der Waals surface area contributed by atoms with Gasteiger partial charge in [-0.1, -0.05) is 6.92 Å². The molecule has 1 aromatic heterocycles. The number of ether oxygens (including phenoxy) is 1. The molecule has 15 heavy (non-hydrogen) atoms. The van der Waals surface area contributed by atoms with Crippen molar-refractivity contribution in [2.24, 2.45) is 0 Å². The van der Waals surface area contributed by atoms with E-state index in [2.05, 4.69) is 18.3 Å². The van der Waals surface area contributed by atoms with Crippen LogP contribution >= 0.6 is 11.3 Å². The normalized spacial score (nSPS) is 12.5. The van der Waals surface area contributed by atoms with Gasteiger partial charge in [-0.3, -0.25) is 0 Å². The number of rotatable bonds is 5. The van der Waals surface area contributed by atoms with E-state index in [0.717, 1.165) is 11.3 Å². The molecule has 0 amide bonds. The number of carbonyl (C=O) groups is 1. The minimum Gasteiger partial charge on any atom is -0.465 e. The molecule has 4 heteroatoms. The van der Waals surface area contributed by atoms with Gasteiger partial charge < -0.3 is 10.1 Å². The predicted molar refractivity (Wildman–Crippen MR) is 62.1 cm³/mol. The first-order valence-electron chi connectivity index (χ1n) is 5.15. The van der Waals surface area contributed by atoms with E-state index in [0.29, 0.717) is 6.61 Å². The fourth-order valence-electron chi connectivity index (χ4n) is 1.34. The number of esters is 1. The number of thiophene rings is 1. The quantitative estimate of drug-likeness (QED) is 0.783. The molecule has 0 aliphatic heterocycles. The summed E-state index contributed by atoms with van der Waals surface area (Å²) in [5.74, 6) is -0.204. The molecule has 84 valence electrons. The number of hydrogen-bond acceptors (Lipinski definition) is 4. The van der Waals surface area contributed by atoms with Gasteiger partial charge in [0, 0.05) is 9.75 Å². The monoisotopic (exact) mass is 227 g/mol. The molecule has 1 heterocycles. The number of hydrogen-bond donors (Lipinski definition) is 1. The van der Waals surface area contributed by atoms with Crippen LogP contribution in [0.25, 0.3) is 0 Å². The van der Waals surface area contributed by atoms with E-state index in [-0.39, 0.29) is 12.0 Å². The van der Waals surface area contributed by atoms with Crippen LogP contribution in [-0.4, -0.2) is 19.6 Å². The lowest BCUT2D eigenvalue weighted by molar-refractivity contribution is -0.145. The van der Waals surface area contributed by atoms with Crippen LogP contribution in [0.4, 0.5) is 0 Å². The highest BCUT2D eigenvalue weighted by Crippen LogP contribution is 2.24. The smallest absolute Gasteiger partial charge is 0.328 e. The molecule has 1 unspecified atom stereocenters. The van der Waals surface area contributed by atoms with Gasteiger partial charge in [0.2, 0.25) is 0 Å². The maximum atomic E-state index is 11.6. The van der Waals surface area contributed by atoms with Crippen LogP contribution in [0, 0.1) is 0 Å². The van der Waals surface area contributed by atoms with Crippen LogP contribution < -0.4 is 5.32 Å². The molecule has 0 aliphatic carbocycles. The minimum absolute atomic E-state index is 0.204. The maximum Gasteiger partial charge on any atom is 0.328 e. The van der Waals surface area contributed by atoms with Gasteiger partial charge in [-0.05, 0) is 32.5 Å². The lowest BCUT2D eigenvalue weighted by Crippen LogP contribution is -2.26. The lowest BCUT2D eigenvalue weighted by Gasteiger charge is -2.12. The van der Waals surface area contributed by atoms with Crippen LogP contribution in [0.5, 0.6) is 0 Å². The summed E-state index contributed by atoms with van der Waals surface area (Å²) >= 11 is 1.66. The Hall–Kier alpha value is -0.870. The Labute approximate surface area is 94.5 Å². The van der Waals surface area contributed by atoms with E-state index in [4.69, 9.17) is 4.74 Å². The van der Waals surface area contributed by atoms with Gasteiger partial charge in [0.25, 0.3) is 0 Å². The fourth-order valence-corrected chi connectivity index (χ4v) is 2.39. The van der Waals surface area contributed by atoms with Gasteiger partial charge in [0.15, 0.2) is 0 Å². The Bertz CT molecular complexity index is 322. The zero-order chi connectivity index (χ0) is 11.3. The zero-order valence-corrected chi connectivity index (χ0v) is 10.2. The predicted octanol–water partition coefficient (Wildman–Crippen LogP) is 2.13. The van der Waals surface area contributed by atoms with E-state index in [9.17, 15) is 4.79 Å². The summed E-state index contributed by atoms with van der Waals surface area (Å²) in [5, 5.41) is 2.98. The summed E-state index contributed by atoms with van der Waals surface area (Å²) in [6.45, 7) is 4.34. The van der Waals surface area contributed by atoms with Crippen LogP contribution in [0.2, 0.25) is 0 Å². The third-order valence-electron chi connectivity index (χ3n) is 2.13. The number of carbonyl (C=O) groups excluding carboxylic acids is 1. The molecule has 1 rings (SSSR count). The average molecular weight is 227 g/mol. The second-order valence-corrected chi connectivity index (χ2v) is 4.33. The first kappa shape index (κ1) is 12.2. The van der Waals surface area contributed by atoms with Crippen LogP contribution in [0.1, 0.15) is 29.6 Å². The molecule has 0 fully saturated rings. The molecule has 1 N–H and O–H groups in total. The topological polar surface area (TPSA) is 38.3 Å². The van der Waals surface area contributed by atoms with Crippen molar-refractivity contribution in [2.75, 3.05) is 13.7 Å². The second kappa shape index (κ2) is 5.88. The van der Waals surface area contributed by atoms with Gasteiger partial charge in [-0.25, -0.2) is 4.79 Å². The van der Waals surface area contributed by atoms with Crippen molar-refractivity contribution in [3.8, 4) is 0 Å². The molecule has 0 spiro atoms. The summed E-state index contributed by atoms with van der Waals surface area (Å²) in [7, 11) is 1.77. The van der Waals surface area contributed by atoms with E-state index < -0.39 is 0 Å². The van der Waals surface area contributed by atoms with E-state index in [1.807, 2.05) is 13.0 Å². The summed E-state index contributed by atoms with van der Waals surface area (Å²) < 4.78 is 5.00. The van der Waals surface area contributed by atoms with E-state index >= 15 is 0 Å². The Morgan fingerprint density at radius 1 is 1.53 bits per heavy atom. The third-order valence-corrected chi connectivity index (χ3v) is 3.42. The summed E-state index contributed by atoms with van der Waals surface area (Å²) in [6, 6.07) is 3.72. The van der Waals surface area contributed by atoms with Crippen molar-refractivity contribution >= 4 is 17.3 Å². The third kappa shape index (κ3) is 3.04. The van der Waals surface area contributed by atoms with E-state index in [1.165, 1.54) is 4.88 Å². The fraction of sp³-hybridized carbons (Fsp3) is 0.545. The van der Waals surface area contributed by atoms with Gasteiger partial charge in [-0.2, -0.15) is 0 Å². The molecule has 0 aromatic carbocycles. The largest absolute Gasteiger partial charge is 0.465 e. The second-order valence-electron chi connectivity index (χ2n) is 3.13. The molecule has 0 radical (unpaired) electrons. The zero-order valence-electron chi connectivity index (χ0n) is 9.37. The molecule has 1 aromatic rings. The van der Waals surface area contributed by atoms with E-state index in [1.54, 1.807) is 18.4 Å². The Morgan fingerprint density at radius 3 is 2.73 bits per heavy atom. The molecule has 3 nitrogen and oxygen atoms in total. The molecule has 0 bridgehead atoms. The van der Waals surface area contributed by atoms with Gasteiger partial charge in [0.05, 0.1) is 6.61 Å². The SMILES string of the molecule is CCOC(=O)C(NC)c1ccc(CC)s1. The number of nitrogens with one attached hydrogen (secondary N) is 1. The molecule has 0 aliphatic rings. The van der Waals surface area contributed by atoms with Crippen molar-refractivity contribution in [3.63, 3.8) is 0 Å². The van der Waals surface area contributed by atoms with Crippen molar-refractivity contribution in [1.82, 2.24) is 5.32 Å². The number of aryl methyl sites for hydroxylation is 1. The van der Waals surface area contributed by atoms with Gasteiger partial charge in [-0.15, -0.1) is 11.3 Å². The van der Waals surface area contributed by atoms with Gasteiger partial charge >= 0.3 is 5.97 Å². The Balaban J connectivity index is 2.77. The number of likely N-dealkylation sites (N-methyl/N-ethyl adjacent to an activating group) is 1. The van der Waals surface area contributed by atoms with Crippen molar-refractivity contribution in [2.45, 2.75) is 26.3 Å². The summed E-state index contributed by atoms with van der Waals surface area (Å²) in [6.07, 6.45) is 1.00. The van der Waals surface area contributed by atoms with Crippen molar-refractivity contribution < 1.29 is 9.53 Å². The first-order valence-corrected chi connectivity index (χ1v) is 5.97. The van der Waals surface area contributed by atoms with Crippen LogP contribution in [-0.2, 0) is 16.0 Å². The van der Waals surface area contributed by atoms with Crippen molar-refractivity contribution in [1.29, 1.82) is 0 Å². The molecular formula is C11H17NO2S. The summed E-state index contributed by atoms with van der Waals surface area (Å²) in [4.78, 5) is 13.9.